The second kappa shape index (κ2) is 23.9. The standard InChI is InChI=1S/C21H22ClF2N5O2.C14H15BrClN3O.C7H8F2N2O/c1-15-12-26-19(27-14-21(23,24)18-7-2-3-9-29(18)31)20(30)28(15)10-8-25-13-16-5-4-6-17(22)11-16;1-10-8-18-13(15)14(20)19(10)6-5-17-9-11-3-2-4-12(16)7-11;8-7(9,5-10)6-3-1-2-4-11(6)12/h2-7,9,11-12,25H,8,10,13-14H2,1H3,(H,26,27);2-4,7-8,17H,5-6,9H2,1H3;1-4H,5,10H2. The first-order valence-corrected chi connectivity index (χ1v) is 20.7. The first kappa shape index (κ1) is 50.2. The summed E-state index contributed by atoms with van der Waals surface area (Å²) in [6, 6.07) is 22.7. The highest BCUT2D eigenvalue weighted by Gasteiger charge is 2.39. The van der Waals surface area contributed by atoms with E-state index in [9.17, 15) is 37.6 Å². The Morgan fingerprint density at radius 3 is 1.67 bits per heavy atom. The second-order valence-corrected chi connectivity index (χ2v) is 15.4. The molecule has 0 aliphatic rings. The molecule has 14 nitrogen and oxygen atoms in total. The van der Waals surface area contributed by atoms with Crippen LogP contribution in [0.5, 0.6) is 0 Å². The van der Waals surface area contributed by atoms with Crippen molar-refractivity contribution >= 4 is 44.9 Å². The molecule has 5 N–H and O–H groups in total. The zero-order valence-corrected chi connectivity index (χ0v) is 37.2. The Morgan fingerprint density at radius 2 is 1.19 bits per heavy atom. The van der Waals surface area contributed by atoms with Crippen molar-refractivity contribution in [2.24, 2.45) is 5.73 Å². The van der Waals surface area contributed by atoms with Crippen molar-refractivity contribution in [2.75, 3.05) is 31.5 Å². The van der Waals surface area contributed by atoms with Crippen molar-refractivity contribution < 1.29 is 27.0 Å². The molecule has 6 aromatic rings. The molecular weight excluding hydrogens is 935 g/mol. The van der Waals surface area contributed by atoms with E-state index >= 15 is 0 Å². The van der Waals surface area contributed by atoms with Crippen molar-refractivity contribution in [3.63, 3.8) is 0 Å². The predicted molar refractivity (Wildman–Crippen MR) is 237 cm³/mol. The largest absolute Gasteiger partial charge is 0.618 e. The summed E-state index contributed by atoms with van der Waals surface area (Å²) < 4.78 is 58.1. The number of hydrogen-bond acceptors (Lipinski definition) is 10. The Kier molecular flexibility index (Phi) is 19.0. The van der Waals surface area contributed by atoms with Crippen molar-refractivity contribution in [3.05, 3.63) is 189 Å². The van der Waals surface area contributed by atoms with Gasteiger partial charge in [-0.2, -0.15) is 27.0 Å². The Hall–Kier alpha value is -5.44. The normalized spacial score (nSPS) is 11.3. The van der Waals surface area contributed by atoms with E-state index in [1.165, 1.54) is 35.0 Å². The van der Waals surface area contributed by atoms with Crippen LogP contribution in [0.3, 0.4) is 0 Å². The van der Waals surface area contributed by atoms with Gasteiger partial charge < -0.3 is 41.2 Å². The molecule has 0 amide bonds. The SMILES string of the molecule is Cc1cnc(Br)c(=O)n1CCNCc1cccc(Cl)c1.Cc1cnc(NCC(F)(F)c2cccc[n+]2[O-])c(=O)n1CCNCc1cccc(Cl)c1.NCC(F)(F)c1cccc[n+]1[O-]. The summed E-state index contributed by atoms with van der Waals surface area (Å²) in [7, 11) is 0. The zero-order chi connectivity index (χ0) is 46.2. The highest BCUT2D eigenvalue weighted by Crippen LogP contribution is 2.25. The van der Waals surface area contributed by atoms with Gasteiger partial charge in [-0.05, 0) is 77.3 Å². The van der Waals surface area contributed by atoms with Crippen molar-refractivity contribution in [3.8, 4) is 0 Å². The zero-order valence-electron chi connectivity index (χ0n) is 34.1. The Morgan fingerprint density at radius 1 is 0.714 bits per heavy atom. The highest BCUT2D eigenvalue weighted by molar-refractivity contribution is 9.10. The van der Waals surface area contributed by atoms with Gasteiger partial charge in [0, 0.05) is 97.4 Å². The number of hydrogen-bond donors (Lipinski definition) is 4. The average Bonchev–Trinajstić information content (AvgIpc) is 3.25. The highest BCUT2D eigenvalue weighted by atomic mass is 79.9. The quantitative estimate of drug-likeness (QED) is 0.0391. The Labute approximate surface area is 378 Å². The van der Waals surface area contributed by atoms with E-state index in [0.29, 0.717) is 48.0 Å². The molecule has 6 rings (SSSR count). The number of pyridine rings is 2. The van der Waals surface area contributed by atoms with Crippen LogP contribution in [-0.4, -0.2) is 45.3 Å². The molecular formula is C42H45BrCl2F4N10O4. The van der Waals surface area contributed by atoms with Gasteiger partial charge in [-0.1, -0.05) is 47.5 Å². The van der Waals surface area contributed by atoms with Gasteiger partial charge in [0.2, 0.25) is 0 Å². The summed E-state index contributed by atoms with van der Waals surface area (Å²) in [5.41, 5.74) is 6.45. The molecule has 0 unspecified atom stereocenters. The number of nitrogens with two attached hydrogens (primary N) is 1. The number of rotatable bonds is 16. The number of alkyl halides is 4. The van der Waals surface area contributed by atoms with E-state index in [1.54, 1.807) is 23.8 Å². The predicted octanol–water partition coefficient (Wildman–Crippen LogP) is 5.96. The molecule has 0 spiro atoms. The maximum absolute atomic E-state index is 14.4. The number of nitrogens with zero attached hydrogens (tertiary/aromatic N) is 6. The summed E-state index contributed by atoms with van der Waals surface area (Å²) in [6.07, 6.45) is 5.13. The maximum atomic E-state index is 14.4. The van der Waals surface area contributed by atoms with Crippen LogP contribution in [0.4, 0.5) is 23.4 Å². The van der Waals surface area contributed by atoms with E-state index in [4.69, 9.17) is 28.9 Å². The van der Waals surface area contributed by atoms with Crippen LogP contribution in [0.25, 0.3) is 0 Å². The summed E-state index contributed by atoms with van der Waals surface area (Å²) in [5.74, 6) is -6.93. The minimum absolute atomic E-state index is 0.102. The first-order valence-electron chi connectivity index (χ1n) is 19.2. The lowest BCUT2D eigenvalue weighted by molar-refractivity contribution is -0.624. The molecule has 0 aliphatic heterocycles. The van der Waals surface area contributed by atoms with E-state index in [2.05, 4.69) is 41.8 Å². The van der Waals surface area contributed by atoms with Gasteiger partial charge in [0.25, 0.3) is 22.5 Å². The van der Waals surface area contributed by atoms with Gasteiger partial charge in [-0.15, -0.1) is 0 Å². The lowest BCUT2D eigenvalue weighted by atomic mass is 10.2. The number of aromatic nitrogens is 6. The van der Waals surface area contributed by atoms with Gasteiger partial charge in [0.05, 0.1) is 13.1 Å². The summed E-state index contributed by atoms with van der Waals surface area (Å²) in [6.45, 7) is 5.20. The number of benzene rings is 2. The Balaban J connectivity index is 0.000000232. The molecule has 0 bridgehead atoms. The summed E-state index contributed by atoms with van der Waals surface area (Å²) >= 11 is 15.0. The second-order valence-electron chi connectivity index (χ2n) is 13.8. The van der Waals surface area contributed by atoms with Crippen molar-refractivity contribution in [2.45, 2.75) is 51.9 Å². The molecule has 21 heteroatoms. The summed E-state index contributed by atoms with van der Waals surface area (Å²) in [5, 5.41) is 32.7. The molecule has 0 saturated heterocycles. The fourth-order valence-corrected chi connectivity index (χ4v) is 6.49. The molecule has 336 valence electrons. The van der Waals surface area contributed by atoms with Crippen LogP contribution in [0.15, 0.2) is 124 Å². The molecule has 0 saturated carbocycles. The minimum Gasteiger partial charge on any atom is -0.618 e. The molecule has 0 radical (unpaired) electrons. The Bertz CT molecular complexity index is 2550. The van der Waals surface area contributed by atoms with E-state index < -0.39 is 41.9 Å². The van der Waals surface area contributed by atoms with Gasteiger partial charge in [-0.25, -0.2) is 9.97 Å². The topological polar surface area (TPSA) is 186 Å². The first-order chi connectivity index (χ1) is 29.9. The van der Waals surface area contributed by atoms with Crippen molar-refractivity contribution in [1.29, 1.82) is 0 Å². The summed E-state index contributed by atoms with van der Waals surface area (Å²) in [4.78, 5) is 32.5. The molecule has 0 atom stereocenters. The van der Waals surface area contributed by atoms with Crippen LogP contribution < -0.4 is 42.3 Å². The number of anilines is 1. The lowest BCUT2D eigenvalue weighted by Crippen LogP contribution is -2.41. The van der Waals surface area contributed by atoms with Crippen LogP contribution in [0.1, 0.15) is 33.9 Å². The van der Waals surface area contributed by atoms with Gasteiger partial charge >= 0.3 is 11.8 Å². The van der Waals surface area contributed by atoms with E-state index in [1.807, 2.05) is 49.4 Å². The van der Waals surface area contributed by atoms with Crippen LogP contribution in [-0.2, 0) is 38.0 Å². The lowest BCUT2D eigenvalue weighted by Gasteiger charge is -2.17. The minimum atomic E-state index is -3.48. The van der Waals surface area contributed by atoms with Gasteiger partial charge in [-0.3, -0.25) is 9.59 Å². The monoisotopic (exact) mass is 978 g/mol. The van der Waals surface area contributed by atoms with Crippen LogP contribution in [0.2, 0.25) is 10.0 Å². The van der Waals surface area contributed by atoms with E-state index in [0.717, 1.165) is 52.9 Å². The van der Waals surface area contributed by atoms with Gasteiger partial charge in [0.1, 0.15) is 0 Å². The fourth-order valence-electron chi connectivity index (χ4n) is 5.75. The molecule has 4 aromatic heterocycles. The third kappa shape index (κ3) is 15.1. The molecule has 4 heterocycles. The van der Waals surface area contributed by atoms with E-state index in [-0.39, 0.29) is 20.8 Å². The number of nitrogens with one attached hydrogen (secondary N) is 3. The number of aryl methyl sites for hydroxylation is 2. The molecule has 0 fully saturated rings. The smallest absolute Gasteiger partial charge is 0.347 e. The average molecular weight is 981 g/mol. The van der Waals surface area contributed by atoms with Crippen LogP contribution >= 0.6 is 39.1 Å². The molecule has 0 aliphatic carbocycles. The maximum Gasteiger partial charge on any atom is 0.347 e. The van der Waals surface area contributed by atoms with Gasteiger partial charge in [0.15, 0.2) is 22.8 Å². The third-order valence-corrected chi connectivity index (χ3v) is 10.1. The third-order valence-electron chi connectivity index (χ3n) is 9.06. The number of halogens is 7. The molecule has 63 heavy (non-hydrogen) atoms. The van der Waals surface area contributed by atoms with Crippen molar-refractivity contribution in [1.82, 2.24) is 29.7 Å². The fraction of sp³-hybridized carbons (Fsp3) is 0.286. The van der Waals surface area contributed by atoms with Crippen LogP contribution in [0, 0.1) is 24.3 Å². The molecule has 2 aromatic carbocycles.